The average Bonchev–Trinajstić information content (AvgIpc) is 3.04. The largest absolute Gasteiger partial charge is 0.367 e. The Labute approximate surface area is 106 Å². The van der Waals surface area contributed by atoms with Crippen molar-refractivity contribution in [2.45, 2.75) is 19.3 Å². The number of fused-ring (bicyclic) bond motifs is 1. The molecule has 1 saturated carbocycles. The van der Waals surface area contributed by atoms with Crippen molar-refractivity contribution in [3.05, 3.63) is 18.7 Å². The summed E-state index contributed by atoms with van der Waals surface area (Å²) in [6.45, 7) is 1.70. The van der Waals surface area contributed by atoms with Crippen molar-refractivity contribution in [1.29, 1.82) is 0 Å². The third-order valence-electron chi connectivity index (χ3n) is 3.87. The van der Waals surface area contributed by atoms with Crippen LogP contribution in [0.5, 0.6) is 0 Å². The standard InChI is InChI=1S/C12H18N6/c13-6-9-2-1-3-10(9)7-15-11-12-17-16-8-18(12)5-4-14-11/h4-5,8-10H,1-3,6-7,13H2,(H,14,15). The molecular weight excluding hydrogens is 228 g/mol. The molecule has 2 atom stereocenters. The third-order valence-corrected chi connectivity index (χ3v) is 3.87. The van der Waals surface area contributed by atoms with Crippen molar-refractivity contribution in [3.8, 4) is 0 Å². The summed E-state index contributed by atoms with van der Waals surface area (Å²) in [6.07, 6.45) is 9.08. The zero-order chi connectivity index (χ0) is 12.4. The Kier molecular flexibility index (Phi) is 3.10. The Bertz CT molecular complexity index is 522. The molecule has 1 aliphatic carbocycles. The molecule has 0 radical (unpaired) electrons. The molecule has 0 aromatic carbocycles. The van der Waals surface area contributed by atoms with Crippen LogP contribution in [0.2, 0.25) is 0 Å². The van der Waals surface area contributed by atoms with Crippen LogP contribution in [-0.4, -0.2) is 32.7 Å². The van der Waals surface area contributed by atoms with Gasteiger partial charge in [-0.15, -0.1) is 10.2 Å². The molecule has 6 nitrogen and oxygen atoms in total. The third kappa shape index (κ3) is 2.03. The lowest BCUT2D eigenvalue weighted by atomic mass is 9.96. The number of nitrogens with zero attached hydrogens (tertiary/aromatic N) is 4. The number of nitrogens with two attached hydrogens (primary N) is 1. The summed E-state index contributed by atoms with van der Waals surface area (Å²) in [5.41, 5.74) is 6.57. The summed E-state index contributed by atoms with van der Waals surface area (Å²) in [5, 5.41) is 11.3. The zero-order valence-corrected chi connectivity index (χ0v) is 10.3. The van der Waals surface area contributed by atoms with Gasteiger partial charge in [-0.1, -0.05) is 6.42 Å². The Morgan fingerprint density at radius 2 is 2.28 bits per heavy atom. The minimum atomic E-state index is 0.648. The first kappa shape index (κ1) is 11.4. The monoisotopic (exact) mass is 246 g/mol. The van der Waals surface area contributed by atoms with Gasteiger partial charge in [-0.3, -0.25) is 4.40 Å². The molecule has 3 rings (SSSR count). The van der Waals surface area contributed by atoms with E-state index in [1.807, 2.05) is 10.6 Å². The normalized spacial score (nSPS) is 23.6. The molecule has 0 amide bonds. The lowest BCUT2D eigenvalue weighted by Gasteiger charge is -2.18. The van der Waals surface area contributed by atoms with Gasteiger partial charge >= 0.3 is 0 Å². The van der Waals surface area contributed by atoms with Crippen molar-refractivity contribution < 1.29 is 0 Å². The Morgan fingerprint density at radius 3 is 3.17 bits per heavy atom. The molecule has 1 fully saturated rings. The van der Waals surface area contributed by atoms with Crippen LogP contribution >= 0.6 is 0 Å². The van der Waals surface area contributed by atoms with Crippen LogP contribution in [0, 0.1) is 11.8 Å². The van der Waals surface area contributed by atoms with Gasteiger partial charge in [0.15, 0.2) is 5.82 Å². The first-order valence-electron chi connectivity index (χ1n) is 6.47. The van der Waals surface area contributed by atoms with Crippen molar-refractivity contribution in [3.63, 3.8) is 0 Å². The summed E-state index contributed by atoms with van der Waals surface area (Å²) < 4.78 is 1.87. The minimum Gasteiger partial charge on any atom is -0.367 e. The molecule has 2 unspecified atom stereocenters. The fourth-order valence-corrected chi connectivity index (χ4v) is 2.80. The molecule has 2 aromatic heterocycles. The van der Waals surface area contributed by atoms with Gasteiger partial charge in [0.1, 0.15) is 6.33 Å². The molecule has 96 valence electrons. The summed E-state index contributed by atoms with van der Waals surface area (Å²) in [6, 6.07) is 0. The quantitative estimate of drug-likeness (QED) is 0.838. The minimum absolute atomic E-state index is 0.648. The van der Waals surface area contributed by atoms with Crippen molar-refractivity contribution in [1.82, 2.24) is 19.6 Å². The number of rotatable bonds is 4. The van der Waals surface area contributed by atoms with E-state index in [-0.39, 0.29) is 0 Å². The summed E-state index contributed by atoms with van der Waals surface area (Å²) in [5.74, 6) is 2.10. The summed E-state index contributed by atoms with van der Waals surface area (Å²) in [4.78, 5) is 4.33. The Balaban J connectivity index is 1.71. The maximum atomic E-state index is 5.80. The van der Waals surface area contributed by atoms with Crippen molar-refractivity contribution in [2.24, 2.45) is 17.6 Å². The predicted molar refractivity (Wildman–Crippen MR) is 69.2 cm³/mol. The average molecular weight is 246 g/mol. The van der Waals surface area contributed by atoms with E-state index in [1.165, 1.54) is 19.3 Å². The molecule has 2 aromatic rings. The molecule has 0 bridgehead atoms. The molecule has 3 N–H and O–H groups in total. The van der Waals surface area contributed by atoms with E-state index in [4.69, 9.17) is 5.73 Å². The molecule has 0 saturated heterocycles. The van der Waals surface area contributed by atoms with Gasteiger partial charge < -0.3 is 11.1 Å². The van der Waals surface area contributed by atoms with Crippen LogP contribution in [0.4, 0.5) is 5.82 Å². The van der Waals surface area contributed by atoms with E-state index in [0.29, 0.717) is 11.8 Å². The first-order valence-corrected chi connectivity index (χ1v) is 6.47. The van der Waals surface area contributed by atoms with Gasteiger partial charge in [-0.2, -0.15) is 0 Å². The molecule has 1 aliphatic rings. The summed E-state index contributed by atoms with van der Waals surface area (Å²) in [7, 11) is 0. The van der Waals surface area contributed by atoms with E-state index < -0.39 is 0 Å². The lowest BCUT2D eigenvalue weighted by Crippen LogP contribution is -2.24. The van der Waals surface area contributed by atoms with Crippen molar-refractivity contribution in [2.75, 3.05) is 18.4 Å². The zero-order valence-electron chi connectivity index (χ0n) is 10.3. The highest BCUT2D eigenvalue weighted by Gasteiger charge is 2.25. The van der Waals surface area contributed by atoms with Gasteiger partial charge in [0.2, 0.25) is 5.65 Å². The van der Waals surface area contributed by atoms with Crippen molar-refractivity contribution >= 4 is 11.5 Å². The Hall–Kier alpha value is -1.69. The van der Waals surface area contributed by atoms with Gasteiger partial charge in [-0.25, -0.2) is 4.98 Å². The highest BCUT2D eigenvalue weighted by molar-refractivity contribution is 5.61. The second-order valence-corrected chi connectivity index (χ2v) is 4.91. The van der Waals surface area contributed by atoms with E-state index in [0.717, 1.165) is 24.6 Å². The first-order chi connectivity index (χ1) is 8.88. The number of hydrogen-bond donors (Lipinski definition) is 2. The second kappa shape index (κ2) is 4.89. The van der Waals surface area contributed by atoms with Crippen LogP contribution < -0.4 is 11.1 Å². The van der Waals surface area contributed by atoms with Gasteiger partial charge in [0.05, 0.1) is 0 Å². The maximum absolute atomic E-state index is 5.80. The summed E-state index contributed by atoms with van der Waals surface area (Å²) >= 11 is 0. The van der Waals surface area contributed by atoms with Crippen LogP contribution in [0.15, 0.2) is 18.7 Å². The topological polar surface area (TPSA) is 81.1 Å². The van der Waals surface area contributed by atoms with Crippen LogP contribution in [-0.2, 0) is 0 Å². The second-order valence-electron chi connectivity index (χ2n) is 4.91. The smallest absolute Gasteiger partial charge is 0.203 e. The molecule has 0 aliphatic heterocycles. The number of hydrogen-bond acceptors (Lipinski definition) is 5. The SMILES string of the molecule is NCC1CCCC1CNc1nccn2cnnc12. The lowest BCUT2D eigenvalue weighted by molar-refractivity contribution is 0.414. The van der Waals surface area contributed by atoms with E-state index in [1.54, 1.807) is 12.5 Å². The molecular formula is C12H18N6. The molecule has 2 heterocycles. The maximum Gasteiger partial charge on any atom is 0.203 e. The van der Waals surface area contributed by atoms with Crippen LogP contribution in [0.1, 0.15) is 19.3 Å². The fraction of sp³-hybridized carbons (Fsp3) is 0.583. The van der Waals surface area contributed by atoms with E-state index in [9.17, 15) is 0 Å². The number of aromatic nitrogens is 4. The Morgan fingerprint density at radius 1 is 1.39 bits per heavy atom. The highest BCUT2D eigenvalue weighted by Crippen LogP contribution is 2.31. The fourth-order valence-electron chi connectivity index (χ4n) is 2.80. The van der Waals surface area contributed by atoms with E-state index in [2.05, 4.69) is 20.5 Å². The predicted octanol–water partition coefficient (Wildman–Crippen LogP) is 0.911. The molecule has 6 heteroatoms. The molecule has 0 spiro atoms. The number of anilines is 1. The van der Waals surface area contributed by atoms with E-state index >= 15 is 0 Å². The number of nitrogens with one attached hydrogen (secondary N) is 1. The molecule has 18 heavy (non-hydrogen) atoms. The van der Waals surface area contributed by atoms with Crippen LogP contribution in [0.25, 0.3) is 5.65 Å². The van der Waals surface area contributed by atoms with Crippen LogP contribution in [0.3, 0.4) is 0 Å². The van der Waals surface area contributed by atoms with Gasteiger partial charge in [0.25, 0.3) is 0 Å². The van der Waals surface area contributed by atoms with Gasteiger partial charge in [-0.05, 0) is 31.2 Å². The van der Waals surface area contributed by atoms with Gasteiger partial charge in [0, 0.05) is 18.9 Å². The highest BCUT2D eigenvalue weighted by atomic mass is 15.2.